The normalized spacial score (nSPS) is 9.88. The third kappa shape index (κ3) is 2.64. The van der Waals surface area contributed by atoms with Crippen LogP contribution in [0.2, 0.25) is 0 Å². The van der Waals surface area contributed by atoms with Crippen molar-refractivity contribution in [1.29, 1.82) is 0 Å². The fourth-order valence-corrected chi connectivity index (χ4v) is 1.76. The molecule has 86 valence electrons. The zero-order valence-corrected chi connectivity index (χ0v) is 9.30. The molecule has 0 saturated heterocycles. The van der Waals surface area contributed by atoms with Crippen LogP contribution in [0.3, 0.4) is 0 Å². The van der Waals surface area contributed by atoms with Gasteiger partial charge in [0.2, 0.25) is 0 Å². The van der Waals surface area contributed by atoms with Crippen molar-refractivity contribution in [2.24, 2.45) is 0 Å². The molecular formula is C14H13NO2. The number of nitrogen functional groups attached to an aromatic ring is 1. The topological polar surface area (TPSA) is 52.3 Å². The Balaban J connectivity index is 2.40. The van der Waals surface area contributed by atoms with Crippen LogP contribution in [0.1, 0.15) is 5.56 Å². The van der Waals surface area contributed by atoms with Crippen LogP contribution in [0.15, 0.2) is 48.5 Å². The van der Waals surface area contributed by atoms with Gasteiger partial charge in [-0.3, -0.25) is 4.79 Å². The van der Waals surface area contributed by atoms with E-state index < -0.39 is 0 Å². The Kier molecular flexibility index (Phi) is 3.40. The number of ether oxygens (including phenoxy) is 1. The van der Waals surface area contributed by atoms with Crippen molar-refractivity contribution >= 4 is 12.2 Å². The van der Waals surface area contributed by atoms with E-state index in [1.165, 1.54) is 0 Å². The van der Waals surface area contributed by atoms with E-state index in [4.69, 9.17) is 10.5 Å². The summed E-state index contributed by atoms with van der Waals surface area (Å²) in [6, 6.07) is 15.4. The lowest BCUT2D eigenvalue weighted by molar-refractivity contribution is -0.129. The van der Waals surface area contributed by atoms with Gasteiger partial charge in [0, 0.05) is 5.69 Å². The summed E-state index contributed by atoms with van der Waals surface area (Å²) in [6.07, 6.45) is 0. The molecule has 0 atom stereocenters. The summed E-state index contributed by atoms with van der Waals surface area (Å²) in [4.78, 5) is 10.2. The van der Waals surface area contributed by atoms with Gasteiger partial charge >= 0.3 is 0 Å². The Labute approximate surface area is 99.8 Å². The minimum Gasteiger partial charge on any atom is -0.463 e. The second-order valence-corrected chi connectivity index (χ2v) is 3.69. The summed E-state index contributed by atoms with van der Waals surface area (Å²) in [5.41, 5.74) is 9.49. The van der Waals surface area contributed by atoms with Gasteiger partial charge in [-0.15, -0.1) is 0 Å². The average Bonchev–Trinajstić information content (AvgIpc) is 2.37. The van der Waals surface area contributed by atoms with E-state index >= 15 is 0 Å². The first-order chi connectivity index (χ1) is 8.31. The maximum atomic E-state index is 10.2. The van der Waals surface area contributed by atoms with Gasteiger partial charge in [0.25, 0.3) is 6.47 Å². The standard InChI is InChI=1S/C14H13NO2/c15-13-6-3-5-11(8-13)14-7-2-1-4-12(14)9-17-10-16/h1-8,10H,9,15H2. The van der Waals surface area contributed by atoms with E-state index in [1.54, 1.807) is 0 Å². The molecule has 0 bridgehead atoms. The minimum atomic E-state index is 0.272. The molecule has 2 aromatic carbocycles. The van der Waals surface area contributed by atoms with Gasteiger partial charge in [0.05, 0.1) is 0 Å². The van der Waals surface area contributed by atoms with Gasteiger partial charge in [-0.25, -0.2) is 0 Å². The largest absolute Gasteiger partial charge is 0.463 e. The molecule has 0 saturated carbocycles. The fraction of sp³-hybridized carbons (Fsp3) is 0.0714. The van der Waals surface area contributed by atoms with Crippen molar-refractivity contribution in [3.8, 4) is 11.1 Å². The summed E-state index contributed by atoms with van der Waals surface area (Å²) in [7, 11) is 0. The van der Waals surface area contributed by atoms with Crippen LogP contribution in [0.4, 0.5) is 5.69 Å². The van der Waals surface area contributed by atoms with Gasteiger partial charge in [0.1, 0.15) is 6.61 Å². The number of nitrogens with two attached hydrogens (primary N) is 1. The molecule has 0 aliphatic heterocycles. The molecule has 0 radical (unpaired) electrons. The van der Waals surface area contributed by atoms with Gasteiger partial charge in [-0.05, 0) is 28.8 Å². The van der Waals surface area contributed by atoms with Crippen LogP contribution in [0, 0.1) is 0 Å². The predicted molar refractivity (Wildman–Crippen MR) is 67.1 cm³/mol. The summed E-state index contributed by atoms with van der Waals surface area (Å²) in [6.45, 7) is 0.727. The molecule has 0 amide bonds. The molecule has 0 aliphatic carbocycles. The van der Waals surface area contributed by atoms with E-state index in [9.17, 15) is 4.79 Å². The van der Waals surface area contributed by atoms with Crippen LogP contribution in [0.5, 0.6) is 0 Å². The van der Waals surface area contributed by atoms with Gasteiger partial charge in [-0.2, -0.15) is 0 Å². The second-order valence-electron chi connectivity index (χ2n) is 3.69. The first-order valence-electron chi connectivity index (χ1n) is 5.30. The smallest absolute Gasteiger partial charge is 0.293 e. The third-order valence-corrected chi connectivity index (χ3v) is 2.52. The summed E-state index contributed by atoms with van der Waals surface area (Å²) in [5.74, 6) is 0. The molecule has 0 aromatic heterocycles. The molecular weight excluding hydrogens is 214 g/mol. The van der Waals surface area contributed by atoms with Gasteiger partial charge in [-0.1, -0.05) is 36.4 Å². The number of anilines is 1. The van der Waals surface area contributed by atoms with Crippen molar-refractivity contribution < 1.29 is 9.53 Å². The summed E-state index contributed by atoms with van der Waals surface area (Å²) < 4.78 is 4.80. The molecule has 2 rings (SSSR count). The SMILES string of the molecule is Nc1cccc(-c2ccccc2COC=O)c1. The van der Waals surface area contributed by atoms with Crippen molar-refractivity contribution in [2.45, 2.75) is 6.61 Å². The van der Waals surface area contributed by atoms with Crippen molar-refractivity contribution in [3.05, 3.63) is 54.1 Å². The Morgan fingerprint density at radius 3 is 2.71 bits per heavy atom. The molecule has 0 unspecified atom stereocenters. The Morgan fingerprint density at radius 2 is 1.94 bits per heavy atom. The monoisotopic (exact) mass is 227 g/mol. The summed E-state index contributed by atoms with van der Waals surface area (Å²) >= 11 is 0. The number of hydrogen-bond acceptors (Lipinski definition) is 3. The van der Waals surface area contributed by atoms with Crippen LogP contribution >= 0.6 is 0 Å². The molecule has 2 aromatic rings. The van der Waals surface area contributed by atoms with Gasteiger partial charge in [0.15, 0.2) is 0 Å². The molecule has 0 fully saturated rings. The Morgan fingerprint density at radius 1 is 1.12 bits per heavy atom. The van der Waals surface area contributed by atoms with E-state index in [1.807, 2.05) is 48.5 Å². The molecule has 3 heteroatoms. The number of rotatable bonds is 4. The van der Waals surface area contributed by atoms with E-state index in [0.29, 0.717) is 12.2 Å². The van der Waals surface area contributed by atoms with Crippen LogP contribution in [0.25, 0.3) is 11.1 Å². The van der Waals surface area contributed by atoms with Crippen LogP contribution < -0.4 is 5.73 Å². The number of carbonyl (C=O) groups excluding carboxylic acids is 1. The van der Waals surface area contributed by atoms with E-state index in [0.717, 1.165) is 16.7 Å². The van der Waals surface area contributed by atoms with Crippen molar-refractivity contribution in [3.63, 3.8) is 0 Å². The quantitative estimate of drug-likeness (QED) is 0.645. The fourth-order valence-electron chi connectivity index (χ4n) is 1.76. The van der Waals surface area contributed by atoms with Crippen LogP contribution in [-0.4, -0.2) is 6.47 Å². The van der Waals surface area contributed by atoms with E-state index in [-0.39, 0.29) is 6.61 Å². The third-order valence-electron chi connectivity index (χ3n) is 2.52. The molecule has 3 nitrogen and oxygen atoms in total. The number of carbonyl (C=O) groups is 1. The molecule has 0 heterocycles. The molecule has 0 spiro atoms. The predicted octanol–water partition coefficient (Wildman–Crippen LogP) is 2.61. The molecule has 2 N–H and O–H groups in total. The summed E-state index contributed by atoms with van der Waals surface area (Å²) in [5, 5.41) is 0. The first-order valence-corrected chi connectivity index (χ1v) is 5.30. The minimum absolute atomic E-state index is 0.272. The zero-order chi connectivity index (χ0) is 12.1. The lowest BCUT2D eigenvalue weighted by atomic mass is 10.00. The van der Waals surface area contributed by atoms with E-state index in [2.05, 4.69) is 0 Å². The van der Waals surface area contributed by atoms with Crippen LogP contribution in [-0.2, 0) is 16.1 Å². The Hall–Kier alpha value is -2.29. The van der Waals surface area contributed by atoms with Crippen molar-refractivity contribution in [2.75, 3.05) is 5.73 Å². The lowest BCUT2D eigenvalue weighted by Gasteiger charge is -2.09. The maximum Gasteiger partial charge on any atom is 0.293 e. The highest BCUT2D eigenvalue weighted by molar-refractivity contribution is 5.70. The van der Waals surface area contributed by atoms with Gasteiger partial charge < -0.3 is 10.5 Å². The highest BCUT2D eigenvalue weighted by atomic mass is 16.5. The first kappa shape index (κ1) is 11.2. The second kappa shape index (κ2) is 5.16. The lowest BCUT2D eigenvalue weighted by Crippen LogP contribution is -1.94. The highest BCUT2D eigenvalue weighted by Gasteiger charge is 2.04. The zero-order valence-electron chi connectivity index (χ0n) is 9.30. The number of benzene rings is 2. The highest BCUT2D eigenvalue weighted by Crippen LogP contribution is 2.25. The molecule has 0 aliphatic rings. The maximum absolute atomic E-state index is 10.2. The average molecular weight is 227 g/mol. The number of hydrogen-bond donors (Lipinski definition) is 1. The Bertz CT molecular complexity index is 523. The van der Waals surface area contributed by atoms with Crippen molar-refractivity contribution in [1.82, 2.24) is 0 Å². The molecule has 17 heavy (non-hydrogen) atoms.